The molecule has 1 amide bonds. The largest absolute Gasteiger partial charge is 0.494 e. The fourth-order valence-corrected chi connectivity index (χ4v) is 1.36. The lowest BCUT2D eigenvalue weighted by Crippen LogP contribution is -2.13. The van der Waals surface area contributed by atoms with Gasteiger partial charge in [-0.1, -0.05) is 0 Å². The summed E-state index contributed by atoms with van der Waals surface area (Å²) in [6, 6.07) is 4.14. The van der Waals surface area contributed by atoms with Gasteiger partial charge in [0.1, 0.15) is 5.69 Å². The molecule has 0 saturated carbocycles. The first kappa shape index (κ1) is 12.0. The molecule has 0 radical (unpaired) electrons. The molecule has 0 unspecified atom stereocenters. The van der Waals surface area contributed by atoms with Gasteiger partial charge in [0, 0.05) is 24.1 Å². The highest BCUT2D eigenvalue weighted by Gasteiger charge is 2.09. The molecule has 0 bridgehead atoms. The van der Waals surface area contributed by atoms with Crippen LogP contribution < -0.4 is 10.1 Å². The van der Waals surface area contributed by atoms with Gasteiger partial charge in [0.15, 0.2) is 11.6 Å². The summed E-state index contributed by atoms with van der Waals surface area (Å²) in [6.07, 6.45) is 4.20. The summed E-state index contributed by atoms with van der Waals surface area (Å²) in [5, 5.41) is 2.51. The number of methoxy groups -OCH3 is 1. The van der Waals surface area contributed by atoms with Crippen LogP contribution in [0.15, 0.2) is 36.8 Å². The molecule has 2 aromatic rings. The maximum Gasteiger partial charge on any atom is 0.275 e. The van der Waals surface area contributed by atoms with Gasteiger partial charge < -0.3 is 10.1 Å². The predicted molar refractivity (Wildman–Crippen MR) is 62.9 cm³/mol. The SMILES string of the molecule is COc1ccc(NC(=O)c2cnccn2)cc1F. The number of rotatable bonds is 3. The third kappa shape index (κ3) is 2.60. The van der Waals surface area contributed by atoms with Gasteiger partial charge in [0.25, 0.3) is 5.91 Å². The molecule has 0 aliphatic heterocycles. The molecule has 2 rings (SSSR count). The molecule has 0 spiro atoms. The molecule has 1 aromatic carbocycles. The molecule has 0 aliphatic rings. The third-order valence-corrected chi connectivity index (χ3v) is 2.21. The van der Waals surface area contributed by atoms with Crippen LogP contribution >= 0.6 is 0 Å². The fraction of sp³-hybridized carbons (Fsp3) is 0.0833. The Morgan fingerprint density at radius 2 is 2.22 bits per heavy atom. The first-order chi connectivity index (χ1) is 8.70. The number of benzene rings is 1. The number of hydrogen-bond donors (Lipinski definition) is 1. The highest BCUT2D eigenvalue weighted by atomic mass is 19.1. The number of ether oxygens (including phenoxy) is 1. The molecular weight excluding hydrogens is 237 g/mol. The van der Waals surface area contributed by atoms with Crippen LogP contribution in [0.5, 0.6) is 5.75 Å². The van der Waals surface area contributed by atoms with E-state index in [-0.39, 0.29) is 11.4 Å². The van der Waals surface area contributed by atoms with Crippen LogP contribution in [0.4, 0.5) is 10.1 Å². The van der Waals surface area contributed by atoms with Crippen molar-refractivity contribution in [2.45, 2.75) is 0 Å². The zero-order chi connectivity index (χ0) is 13.0. The van der Waals surface area contributed by atoms with Gasteiger partial charge >= 0.3 is 0 Å². The quantitative estimate of drug-likeness (QED) is 0.899. The smallest absolute Gasteiger partial charge is 0.275 e. The summed E-state index contributed by atoms with van der Waals surface area (Å²) in [4.78, 5) is 19.3. The molecule has 1 heterocycles. The number of aromatic nitrogens is 2. The molecule has 18 heavy (non-hydrogen) atoms. The second-order valence-electron chi connectivity index (χ2n) is 3.39. The number of carbonyl (C=O) groups excluding carboxylic acids is 1. The Kier molecular flexibility index (Phi) is 3.47. The van der Waals surface area contributed by atoms with E-state index < -0.39 is 11.7 Å². The monoisotopic (exact) mass is 247 g/mol. The van der Waals surface area contributed by atoms with Gasteiger partial charge in [-0.05, 0) is 12.1 Å². The van der Waals surface area contributed by atoms with Crippen molar-refractivity contribution in [2.24, 2.45) is 0 Å². The maximum absolute atomic E-state index is 13.4. The molecule has 0 fully saturated rings. The van der Waals surface area contributed by atoms with E-state index >= 15 is 0 Å². The first-order valence-electron chi connectivity index (χ1n) is 5.11. The molecule has 0 atom stereocenters. The van der Waals surface area contributed by atoms with E-state index in [9.17, 15) is 9.18 Å². The van der Waals surface area contributed by atoms with E-state index in [1.807, 2.05) is 0 Å². The summed E-state index contributed by atoms with van der Waals surface area (Å²) in [5.74, 6) is -0.880. The van der Waals surface area contributed by atoms with Crippen LogP contribution in [0.2, 0.25) is 0 Å². The fourth-order valence-electron chi connectivity index (χ4n) is 1.36. The summed E-state index contributed by atoms with van der Waals surface area (Å²) in [6.45, 7) is 0. The van der Waals surface area contributed by atoms with Gasteiger partial charge in [-0.2, -0.15) is 0 Å². The summed E-state index contributed by atoms with van der Waals surface area (Å²) < 4.78 is 18.2. The van der Waals surface area contributed by atoms with Crippen molar-refractivity contribution in [1.29, 1.82) is 0 Å². The van der Waals surface area contributed by atoms with Gasteiger partial charge in [-0.25, -0.2) is 9.37 Å². The third-order valence-electron chi connectivity index (χ3n) is 2.21. The molecule has 0 saturated heterocycles. The van der Waals surface area contributed by atoms with Gasteiger partial charge in [-0.15, -0.1) is 0 Å². The Labute approximate surface area is 103 Å². The molecular formula is C12H10FN3O2. The lowest BCUT2D eigenvalue weighted by Gasteiger charge is -2.06. The van der Waals surface area contributed by atoms with Gasteiger partial charge in [0.05, 0.1) is 13.3 Å². The minimum atomic E-state index is -0.547. The summed E-state index contributed by atoms with van der Waals surface area (Å²) in [5.41, 5.74) is 0.484. The lowest BCUT2D eigenvalue weighted by atomic mass is 10.2. The molecule has 1 aromatic heterocycles. The van der Waals surface area contributed by atoms with Crippen molar-refractivity contribution in [2.75, 3.05) is 12.4 Å². The van der Waals surface area contributed by atoms with E-state index in [0.29, 0.717) is 5.69 Å². The average molecular weight is 247 g/mol. The highest BCUT2D eigenvalue weighted by molar-refractivity contribution is 6.02. The van der Waals surface area contributed by atoms with Crippen LogP contribution in [0.3, 0.4) is 0 Å². The van der Waals surface area contributed by atoms with Crippen molar-refractivity contribution in [1.82, 2.24) is 9.97 Å². The zero-order valence-electron chi connectivity index (χ0n) is 9.55. The van der Waals surface area contributed by atoms with E-state index in [1.54, 1.807) is 0 Å². The second-order valence-corrected chi connectivity index (χ2v) is 3.39. The van der Waals surface area contributed by atoms with E-state index in [0.717, 1.165) is 0 Å². The normalized spacial score (nSPS) is 9.89. The Morgan fingerprint density at radius 3 is 2.83 bits per heavy atom. The van der Waals surface area contributed by atoms with Crippen LogP contribution in [0.25, 0.3) is 0 Å². The number of hydrogen-bond acceptors (Lipinski definition) is 4. The second kappa shape index (κ2) is 5.22. The number of carbonyl (C=O) groups is 1. The average Bonchev–Trinajstić information content (AvgIpc) is 2.40. The lowest BCUT2D eigenvalue weighted by molar-refractivity contribution is 0.102. The van der Waals surface area contributed by atoms with Gasteiger partial charge in [-0.3, -0.25) is 9.78 Å². The first-order valence-corrected chi connectivity index (χ1v) is 5.11. The molecule has 5 nitrogen and oxygen atoms in total. The number of anilines is 1. The Balaban J connectivity index is 2.15. The Hall–Kier alpha value is -2.50. The van der Waals surface area contributed by atoms with Crippen molar-refractivity contribution in [3.8, 4) is 5.75 Å². The van der Waals surface area contributed by atoms with Crippen LogP contribution in [0, 0.1) is 5.82 Å². The van der Waals surface area contributed by atoms with Crippen molar-refractivity contribution in [3.05, 3.63) is 48.3 Å². The van der Waals surface area contributed by atoms with Crippen molar-refractivity contribution < 1.29 is 13.9 Å². The minimum Gasteiger partial charge on any atom is -0.494 e. The Bertz CT molecular complexity index is 561. The van der Waals surface area contributed by atoms with Crippen LogP contribution in [0.1, 0.15) is 10.5 Å². The molecule has 6 heteroatoms. The van der Waals surface area contributed by atoms with Gasteiger partial charge in [0.2, 0.25) is 0 Å². The number of nitrogens with one attached hydrogen (secondary N) is 1. The predicted octanol–water partition coefficient (Wildman–Crippen LogP) is 1.88. The van der Waals surface area contributed by atoms with Crippen LogP contribution in [-0.4, -0.2) is 23.0 Å². The molecule has 0 aliphatic carbocycles. The number of halogens is 1. The topological polar surface area (TPSA) is 64.1 Å². The maximum atomic E-state index is 13.4. The summed E-state index contributed by atoms with van der Waals surface area (Å²) in [7, 11) is 1.37. The number of amides is 1. The number of nitrogens with zero attached hydrogens (tertiary/aromatic N) is 2. The minimum absolute atomic E-state index is 0.118. The molecule has 92 valence electrons. The zero-order valence-corrected chi connectivity index (χ0v) is 9.55. The van der Waals surface area contributed by atoms with Crippen LogP contribution in [-0.2, 0) is 0 Å². The summed E-state index contributed by atoms with van der Waals surface area (Å²) >= 11 is 0. The van der Waals surface area contributed by atoms with E-state index in [1.165, 1.54) is 43.9 Å². The van der Waals surface area contributed by atoms with E-state index in [4.69, 9.17) is 4.74 Å². The highest BCUT2D eigenvalue weighted by Crippen LogP contribution is 2.20. The van der Waals surface area contributed by atoms with E-state index in [2.05, 4.69) is 15.3 Å². The molecule has 1 N–H and O–H groups in total. The van der Waals surface area contributed by atoms with Crippen molar-refractivity contribution in [3.63, 3.8) is 0 Å². The standard InChI is InChI=1S/C12H10FN3O2/c1-18-11-3-2-8(6-9(11)13)16-12(17)10-7-14-4-5-15-10/h2-7H,1H3,(H,16,17). The van der Waals surface area contributed by atoms with Crippen molar-refractivity contribution >= 4 is 11.6 Å². The Morgan fingerprint density at radius 1 is 1.39 bits per heavy atom.